The van der Waals surface area contributed by atoms with Crippen molar-refractivity contribution < 1.29 is 4.74 Å². The van der Waals surface area contributed by atoms with E-state index < -0.39 is 0 Å². The summed E-state index contributed by atoms with van der Waals surface area (Å²) in [5, 5.41) is 3.33. The van der Waals surface area contributed by atoms with Crippen molar-refractivity contribution >= 4 is 15.9 Å². The molecule has 0 fully saturated rings. The third-order valence-corrected chi connectivity index (χ3v) is 3.15. The third-order valence-electron chi connectivity index (χ3n) is 2.54. The first-order valence-corrected chi connectivity index (χ1v) is 6.60. The molecule has 1 rings (SSSR count). The van der Waals surface area contributed by atoms with Gasteiger partial charge >= 0.3 is 0 Å². The minimum atomic E-state index is 0.899. The molecule has 0 aliphatic rings. The molecule has 0 atom stereocenters. The van der Waals surface area contributed by atoms with E-state index >= 15 is 0 Å². The Morgan fingerprint density at radius 3 is 2.75 bits per heavy atom. The SMILES string of the molecule is CCNCCCCc1ccc(OC)c(Br)c1. The lowest BCUT2D eigenvalue weighted by Gasteiger charge is -2.06. The van der Waals surface area contributed by atoms with Crippen molar-refractivity contribution in [2.75, 3.05) is 20.2 Å². The van der Waals surface area contributed by atoms with Crippen LogP contribution in [0.4, 0.5) is 0 Å². The molecular weight excluding hydrogens is 266 g/mol. The largest absolute Gasteiger partial charge is 0.496 e. The number of hydrogen-bond donors (Lipinski definition) is 1. The van der Waals surface area contributed by atoms with Gasteiger partial charge in [-0.25, -0.2) is 0 Å². The van der Waals surface area contributed by atoms with Crippen molar-refractivity contribution in [3.05, 3.63) is 28.2 Å². The predicted molar refractivity (Wildman–Crippen MR) is 72.2 cm³/mol. The van der Waals surface area contributed by atoms with Crippen molar-refractivity contribution in [3.63, 3.8) is 0 Å². The molecular formula is C13H20BrNO. The Kier molecular flexibility index (Phi) is 6.50. The van der Waals surface area contributed by atoms with Crippen LogP contribution < -0.4 is 10.1 Å². The van der Waals surface area contributed by atoms with Gasteiger partial charge in [0, 0.05) is 0 Å². The quantitative estimate of drug-likeness (QED) is 0.776. The molecule has 0 bridgehead atoms. The normalized spacial score (nSPS) is 10.4. The number of benzene rings is 1. The molecule has 0 aliphatic carbocycles. The topological polar surface area (TPSA) is 21.3 Å². The molecule has 16 heavy (non-hydrogen) atoms. The zero-order valence-corrected chi connectivity index (χ0v) is 11.6. The molecule has 0 unspecified atom stereocenters. The first-order valence-electron chi connectivity index (χ1n) is 5.81. The van der Waals surface area contributed by atoms with Gasteiger partial charge in [-0.1, -0.05) is 13.0 Å². The first kappa shape index (κ1) is 13.5. The summed E-state index contributed by atoms with van der Waals surface area (Å²) in [5.74, 6) is 0.899. The fourth-order valence-corrected chi connectivity index (χ4v) is 2.21. The highest BCUT2D eigenvalue weighted by Crippen LogP contribution is 2.25. The van der Waals surface area contributed by atoms with Crippen LogP contribution in [-0.4, -0.2) is 20.2 Å². The van der Waals surface area contributed by atoms with E-state index in [-0.39, 0.29) is 0 Å². The fraction of sp³-hybridized carbons (Fsp3) is 0.538. The number of aryl methyl sites for hydroxylation is 1. The Bertz CT molecular complexity index is 315. The zero-order chi connectivity index (χ0) is 11.8. The maximum atomic E-state index is 5.20. The minimum absolute atomic E-state index is 0.899. The standard InChI is InChI=1S/C13H20BrNO/c1-3-15-9-5-4-6-11-7-8-13(16-2)12(14)10-11/h7-8,10,15H,3-6,9H2,1-2H3. The van der Waals surface area contributed by atoms with Crippen LogP contribution in [0.15, 0.2) is 22.7 Å². The van der Waals surface area contributed by atoms with Gasteiger partial charge in [-0.15, -0.1) is 0 Å². The Labute approximate surface area is 107 Å². The van der Waals surface area contributed by atoms with Crippen LogP contribution in [0.25, 0.3) is 0 Å². The van der Waals surface area contributed by atoms with Gasteiger partial charge in [0.25, 0.3) is 0 Å². The molecule has 0 saturated carbocycles. The number of nitrogens with one attached hydrogen (secondary N) is 1. The molecule has 0 saturated heterocycles. The lowest BCUT2D eigenvalue weighted by Crippen LogP contribution is -2.13. The summed E-state index contributed by atoms with van der Waals surface area (Å²) >= 11 is 3.50. The Morgan fingerprint density at radius 1 is 1.31 bits per heavy atom. The van der Waals surface area contributed by atoms with E-state index in [4.69, 9.17) is 4.74 Å². The molecule has 0 spiro atoms. The van der Waals surface area contributed by atoms with E-state index in [0.717, 1.165) is 29.7 Å². The molecule has 0 amide bonds. The van der Waals surface area contributed by atoms with Crippen LogP contribution in [-0.2, 0) is 6.42 Å². The fourth-order valence-electron chi connectivity index (χ4n) is 1.62. The van der Waals surface area contributed by atoms with Crippen molar-refractivity contribution in [1.29, 1.82) is 0 Å². The molecule has 90 valence electrons. The van der Waals surface area contributed by atoms with E-state index in [1.54, 1.807) is 7.11 Å². The summed E-state index contributed by atoms with van der Waals surface area (Å²) in [5.41, 5.74) is 1.36. The third kappa shape index (κ3) is 4.54. The van der Waals surface area contributed by atoms with E-state index in [2.05, 4.69) is 40.3 Å². The molecule has 1 aromatic rings. The summed E-state index contributed by atoms with van der Waals surface area (Å²) in [6, 6.07) is 6.30. The van der Waals surface area contributed by atoms with Crippen molar-refractivity contribution in [3.8, 4) is 5.75 Å². The van der Waals surface area contributed by atoms with Gasteiger partial charge in [0.2, 0.25) is 0 Å². The van der Waals surface area contributed by atoms with Gasteiger partial charge in [-0.2, -0.15) is 0 Å². The molecule has 2 nitrogen and oxygen atoms in total. The summed E-state index contributed by atoms with van der Waals surface area (Å²) in [7, 11) is 1.69. The van der Waals surface area contributed by atoms with Gasteiger partial charge in [-0.3, -0.25) is 0 Å². The van der Waals surface area contributed by atoms with Crippen molar-refractivity contribution in [2.24, 2.45) is 0 Å². The highest BCUT2D eigenvalue weighted by atomic mass is 79.9. The Balaban J connectivity index is 2.34. The van der Waals surface area contributed by atoms with Gasteiger partial charge in [0.05, 0.1) is 11.6 Å². The lowest BCUT2D eigenvalue weighted by molar-refractivity contribution is 0.412. The number of hydrogen-bond acceptors (Lipinski definition) is 2. The monoisotopic (exact) mass is 285 g/mol. The predicted octanol–water partition coefficient (Wildman–Crippen LogP) is 3.39. The van der Waals surface area contributed by atoms with E-state index in [1.165, 1.54) is 18.4 Å². The van der Waals surface area contributed by atoms with Gasteiger partial charge < -0.3 is 10.1 Å². The zero-order valence-electron chi connectivity index (χ0n) is 10.1. The first-order chi connectivity index (χ1) is 7.77. The highest BCUT2D eigenvalue weighted by Gasteiger charge is 2.01. The molecule has 1 N–H and O–H groups in total. The van der Waals surface area contributed by atoms with Gasteiger partial charge in [-0.05, 0) is 66.0 Å². The minimum Gasteiger partial charge on any atom is -0.496 e. The van der Waals surface area contributed by atoms with Crippen LogP contribution in [0.3, 0.4) is 0 Å². The second-order valence-electron chi connectivity index (χ2n) is 3.78. The summed E-state index contributed by atoms with van der Waals surface area (Å²) < 4.78 is 6.24. The lowest BCUT2D eigenvalue weighted by atomic mass is 10.1. The molecule has 0 aromatic heterocycles. The van der Waals surface area contributed by atoms with Crippen LogP contribution in [0, 0.1) is 0 Å². The number of methoxy groups -OCH3 is 1. The van der Waals surface area contributed by atoms with Crippen molar-refractivity contribution in [1.82, 2.24) is 5.32 Å². The number of unbranched alkanes of at least 4 members (excludes halogenated alkanes) is 1. The van der Waals surface area contributed by atoms with E-state index in [9.17, 15) is 0 Å². The number of rotatable bonds is 7. The van der Waals surface area contributed by atoms with Gasteiger partial charge in [0.1, 0.15) is 5.75 Å². The number of halogens is 1. The maximum Gasteiger partial charge on any atom is 0.133 e. The molecule has 0 aliphatic heterocycles. The summed E-state index contributed by atoms with van der Waals surface area (Å²) in [4.78, 5) is 0. The average Bonchev–Trinajstić information content (AvgIpc) is 2.29. The van der Waals surface area contributed by atoms with Crippen LogP contribution in [0.1, 0.15) is 25.3 Å². The van der Waals surface area contributed by atoms with Crippen LogP contribution in [0.5, 0.6) is 5.75 Å². The van der Waals surface area contributed by atoms with Crippen molar-refractivity contribution in [2.45, 2.75) is 26.2 Å². The highest BCUT2D eigenvalue weighted by molar-refractivity contribution is 9.10. The molecule has 0 radical (unpaired) electrons. The Morgan fingerprint density at radius 2 is 2.12 bits per heavy atom. The number of ether oxygens (including phenoxy) is 1. The maximum absolute atomic E-state index is 5.20. The van der Waals surface area contributed by atoms with Gasteiger partial charge in [0.15, 0.2) is 0 Å². The Hall–Kier alpha value is -0.540. The second-order valence-corrected chi connectivity index (χ2v) is 4.63. The smallest absolute Gasteiger partial charge is 0.133 e. The summed E-state index contributed by atoms with van der Waals surface area (Å²) in [6.07, 6.45) is 3.59. The average molecular weight is 286 g/mol. The van der Waals surface area contributed by atoms with E-state index in [0.29, 0.717) is 0 Å². The molecule has 3 heteroatoms. The second kappa shape index (κ2) is 7.69. The molecule has 1 aromatic carbocycles. The van der Waals surface area contributed by atoms with Crippen LogP contribution in [0.2, 0.25) is 0 Å². The van der Waals surface area contributed by atoms with E-state index in [1.807, 2.05) is 6.07 Å². The van der Waals surface area contributed by atoms with Crippen LogP contribution >= 0.6 is 15.9 Å². The molecule has 0 heterocycles. The summed E-state index contributed by atoms with van der Waals surface area (Å²) in [6.45, 7) is 4.32.